The van der Waals surface area contributed by atoms with E-state index in [1.165, 1.54) is 12.1 Å². The van der Waals surface area contributed by atoms with Crippen LogP contribution in [0.5, 0.6) is 0 Å². The molecule has 0 saturated heterocycles. The molecule has 23 heavy (non-hydrogen) atoms. The minimum absolute atomic E-state index is 0.100. The van der Waals surface area contributed by atoms with Crippen molar-refractivity contribution in [2.75, 3.05) is 0 Å². The first-order valence-electron chi connectivity index (χ1n) is 7.53. The predicted molar refractivity (Wildman–Crippen MR) is 81.2 cm³/mol. The van der Waals surface area contributed by atoms with Gasteiger partial charge in [-0.2, -0.15) is 0 Å². The molecule has 0 bridgehead atoms. The van der Waals surface area contributed by atoms with E-state index in [4.69, 9.17) is 0 Å². The first-order chi connectivity index (χ1) is 10.9. The van der Waals surface area contributed by atoms with Gasteiger partial charge in [0.25, 0.3) is 0 Å². The number of halogens is 2. The van der Waals surface area contributed by atoms with Crippen molar-refractivity contribution < 1.29 is 18.7 Å². The van der Waals surface area contributed by atoms with Crippen molar-refractivity contribution in [2.45, 2.75) is 37.5 Å². The fraction of sp³-hybridized carbons (Fsp3) is 0.333. The lowest BCUT2D eigenvalue weighted by Gasteiger charge is -2.27. The molecule has 1 aromatic heterocycles. The summed E-state index contributed by atoms with van der Waals surface area (Å²) in [5, 5.41) is 9.84. The molecule has 2 atom stereocenters. The van der Waals surface area contributed by atoms with Gasteiger partial charge < -0.3 is 5.11 Å². The quantitative estimate of drug-likeness (QED) is 0.932. The first kappa shape index (κ1) is 15.6. The number of carbonyl (C=O) groups is 1. The predicted octanol–water partition coefficient (Wildman–Crippen LogP) is 3.96. The second-order valence-corrected chi connectivity index (χ2v) is 6.18. The zero-order chi connectivity index (χ0) is 16.6. The summed E-state index contributed by atoms with van der Waals surface area (Å²) < 4.78 is 27.3. The third-order valence-corrected chi connectivity index (χ3v) is 4.90. The number of nitrogens with zero attached hydrogens (tertiary/aromatic N) is 1. The van der Waals surface area contributed by atoms with E-state index in [-0.39, 0.29) is 5.92 Å². The first-order valence-corrected chi connectivity index (χ1v) is 7.53. The van der Waals surface area contributed by atoms with Crippen LogP contribution in [0, 0.1) is 18.6 Å². The maximum Gasteiger partial charge on any atom is 0.314 e. The van der Waals surface area contributed by atoms with Crippen LogP contribution in [0.3, 0.4) is 0 Å². The van der Waals surface area contributed by atoms with E-state index >= 15 is 0 Å². The molecule has 1 aliphatic rings. The van der Waals surface area contributed by atoms with Gasteiger partial charge in [0.2, 0.25) is 0 Å². The fourth-order valence-corrected chi connectivity index (χ4v) is 3.66. The lowest BCUT2D eigenvalue weighted by atomic mass is 9.76. The smallest absolute Gasteiger partial charge is 0.314 e. The number of hydrogen-bond donors (Lipinski definition) is 1. The van der Waals surface area contributed by atoms with Crippen LogP contribution in [0.2, 0.25) is 0 Å². The van der Waals surface area contributed by atoms with Crippen molar-refractivity contribution >= 4 is 5.97 Å². The van der Waals surface area contributed by atoms with Crippen LogP contribution in [0.4, 0.5) is 8.78 Å². The molecule has 2 aromatic rings. The number of aromatic nitrogens is 1. The van der Waals surface area contributed by atoms with Crippen LogP contribution < -0.4 is 0 Å². The van der Waals surface area contributed by atoms with Crippen LogP contribution in [0.25, 0.3) is 0 Å². The number of carboxylic acids is 1. The average molecular weight is 317 g/mol. The number of benzene rings is 1. The minimum atomic E-state index is -1.14. The molecule has 1 aromatic carbocycles. The maximum absolute atomic E-state index is 13.9. The highest BCUT2D eigenvalue weighted by atomic mass is 19.1. The normalized spacial score (nSPS) is 23.9. The minimum Gasteiger partial charge on any atom is -0.481 e. The molecule has 3 rings (SSSR count). The van der Waals surface area contributed by atoms with Crippen molar-refractivity contribution in [1.29, 1.82) is 0 Å². The third-order valence-electron chi connectivity index (χ3n) is 4.90. The van der Waals surface area contributed by atoms with Crippen molar-refractivity contribution in [3.05, 3.63) is 65.0 Å². The van der Waals surface area contributed by atoms with Crippen molar-refractivity contribution in [3.8, 4) is 0 Å². The van der Waals surface area contributed by atoms with E-state index in [1.807, 2.05) is 0 Å². The second kappa shape index (κ2) is 5.72. The molecular formula is C18H17F2NO2. The summed E-state index contributed by atoms with van der Waals surface area (Å²) in [6.07, 6.45) is 4.02. The lowest BCUT2D eigenvalue weighted by Crippen LogP contribution is -2.34. The highest BCUT2D eigenvalue weighted by Crippen LogP contribution is 2.49. The molecule has 0 unspecified atom stereocenters. The Hall–Kier alpha value is -2.30. The zero-order valence-electron chi connectivity index (χ0n) is 12.7. The van der Waals surface area contributed by atoms with E-state index in [2.05, 4.69) is 4.98 Å². The van der Waals surface area contributed by atoms with E-state index in [0.29, 0.717) is 36.0 Å². The summed E-state index contributed by atoms with van der Waals surface area (Å²) in [5.74, 6) is -1.90. The van der Waals surface area contributed by atoms with Crippen LogP contribution in [0.15, 0.2) is 36.7 Å². The molecule has 1 heterocycles. The Morgan fingerprint density at radius 3 is 2.83 bits per heavy atom. The number of carboxylic acid groups (broad SMARTS) is 1. The lowest BCUT2D eigenvalue weighted by molar-refractivity contribution is -0.143. The Morgan fingerprint density at radius 2 is 2.13 bits per heavy atom. The summed E-state index contributed by atoms with van der Waals surface area (Å²) in [7, 11) is 0. The summed E-state index contributed by atoms with van der Waals surface area (Å²) >= 11 is 0. The van der Waals surface area contributed by atoms with Crippen LogP contribution >= 0.6 is 0 Å². The van der Waals surface area contributed by atoms with E-state index in [1.54, 1.807) is 25.3 Å². The van der Waals surface area contributed by atoms with Gasteiger partial charge in [-0.15, -0.1) is 0 Å². The highest BCUT2D eigenvalue weighted by molar-refractivity contribution is 5.82. The van der Waals surface area contributed by atoms with Crippen molar-refractivity contribution in [3.63, 3.8) is 0 Å². The Bertz CT molecular complexity index is 762. The van der Waals surface area contributed by atoms with Crippen molar-refractivity contribution in [1.82, 2.24) is 4.98 Å². The second-order valence-electron chi connectivity index (χ2n) is 6.18. The molecule has 5 heteroatoms. The largest absolute Gasteiger partial charge is 0.481 e. The average Bonchev–Trinajstić information content (AvgIpc) is 2.96. The third kappa shape index (κ3) is 2.60. The highest BCUT2D eigenvalue weighted by Gasteiger charge is 2.48. The van der Waals surface area contributed by atoms with E-state index < -0.39 is 23.0 Å². The number of aliphatic carboxylic acids is 1. The number of hydrogen-bond acceptors (Lipinski definition) is 2. The van der Waals surface area contributed by atoms with Crippen LogP contribution in [-0.4, -0.2) is 16.1 Å². The van der Waals surface area contributed by atoms with Gasteiger partial charge in [-0.1, -0.05) is 12.1 Å². The maximum atomic E-state index is 13.9. The molecule has 1 fully saturated rings. The van der Waals surface area contributed by atoms with Gasteiger partial charge in [0, 0.05) is 6.20 Å². The molecule has 0 aliphatic heterocycles. The molecular weight excluding hydrogens is 300 g/mol. The number of rotatable bonds is 3. The molecule has 0 radical (unpaired) electrons. The summed E-state index contributed by atoms with van der Waals surface area (Å²) in [5.41, 5.74) is 0.440. The topological polar surface area (TPSA) is 50.2 Å². The Labute approximate surface area is 133 Å². The zero-order valence-corrected chi connectivity index (χ0v) is 12.7. The summed E-state index contributed by atoms with van der Waals surface area (Å²) in [6.45, 7) is 1.60. The Balaban J connectivity index is 2.01. The van der Waals surface area contributed by atoms with Gasteiger partial charge in [0.05, 0.1) is 11.6 Å². The van der Waals surface area contributed by atoms with Gasteiger partial charge in [-0.3, -0.25) is 9.78 Å². The van der Waals surface area contributed by atoms with Gasteiger partial charge in [0.15, 0.2) is 0 Å². The monoisotopic (exact) mass is 317 g/mol. The van der Waals surface area contributed by atoms with E-state index in [9.17, 15) is 18.7 Å². The molecule has 0 amide bonds. The van der Waals surface area contributed by atoms with Gasteiger partial charge in [-0.25, -0.2) is 8.78 Å². The molecule has 0 spiro atoms. The molecule has 1 N–H and O–H groups in total. The molecule has 3 nitrogen and oxygen atoms in total. The molecule has 1 saturated carbocycles. The van der Waals surface area contributed by atoms with Gasteiger partial charge >= 0.3 is 5.97 Å². The number of pyridine rings is 1. The fourth-order valence-electron chi connectivity index (χ4n) is 3.66. The Morgan fingerprint density at radius 1 is 1.35 bits per heavy atom. The van der Waals surface area contributed by atoms with Crippen molar-refractivity contribution in [2.24, 2.45) is 0 Å². The Kier molecular flexibility index (Phi) is 3.88. The SMILES string of the molecule is Cc1c(F)cccc1[C@]1(C(=O)O)CC[C@H](c2cncc(F)c2)C1. The van der Waals surface area contributed by atoms with Gasteiger partial charge in [0.1, 0.15) is 11.6 Å². The molecule has 120 valence electrons. The van der Waals surface area contributed by atoms with E-state index in [0.717, 1.165) is 6.20 Å². The van der Waals surface area contributed by atoms with Gasteiger partial charge in [-0.05, 0) is 60.9 Å². The standard InChI is InChI=1S/C18H17F2NO2/c1-11-15(3-2-4-16(11)20)18(17(22)23)6-5-12(8-18)13-7-14(19)10-21-9-13/h2-4,7,9-10,12H,5-6,8H2,1H3,(H,22,23)/t12-,18-/m0/s1. The van der Waals surface area contributed by atoms with Crippen LogP contribution in [-0.2, 0) is 10.2 Å². The molecule has 1 aliphatic carbocycles. The summed E-state index contributed by atoms with van der Waals surface area (Å²) in [4.78, 5) is 15.9. The van der Waals surface area contributed by atoms with Crippen LogP contribution in [0.1, 0.15) is 41.9 Å². The summed E-state index contributed by atoms with van der Waals surface area (Å²) in [6, 6.07) is 5.95.